The summed E-state index contributed by atoms with van der Waals surface area (Å²) in [7, 11) is 0. The number of hydrogen-bond donors (Lipinski definition) is 3. The lowest BCUT2D eigenvalue weighted by molar-refractivity contribution is -0.119. The van der Waals surface area contributed by atoms with Crippen LogP contribution in [0.1, 0.15) is 36.3 Å². The average Bonchev–Trinajstić information content (AvgIpc) is 2.34. The van der Waals surface area contributed by atoms with E-state index in [-0.39, 0.29) is 24.6 Å². The van der Waals surface area contributed by atoms with E-state index in [4.69, 9.17) is 11.5 Å². The largest absolute Gasteiger partial charge is 0.370 e. The SMILES string of the molecule is CC(C)(CC(N)=O)NC(=O)c1ccc(C#CCN)cn1. The molecule has 0 fully saturated rings. The van der Waals surface area contributed by atoms with Gasteiger partial charge in [-0.2, -0.15) is 0 Å². The molecule has 0 saturated heterocycles. The summed E-state index contributed by atoms with van der Waals surface area (Å²) in [6, 6.07) is 3.25. The normalized spacial score (nSPS) is 10.3. The number of carbonyl (C=O) groups is 2. The number of nitrogens with two attached hydrogens (primary N) is 2. The van der Waals surface area contributed by atoms with Gasteiger partial charge in [-0.25, -0.2) is 4.98 Å². The van der Waals surface area contributed by atoms with Crippen molar-refractivity contribution in [3.05, 3.63) is 29.6 Å². The number of rotatable bonds is 4. The first-order valence-electron chi connectivity index (χ1n) is 6.10. The fourth-order valence-electron chi connectivity index (χ4n) is 1.61. The molecule has 0 aliphatic heterocycles. The van der Waals surface area contributed by atoms with Crippen LogP contribution in [0.4, 0.5) is 0 Å². The van der Waals surface area contributed by atoms with E-state index in [1.807, 2.05) is 0 Å². The molecule has 1 rings (SSSR count). The fraction of sp³-hybridized carbons (Fsp3) is 0.357. The van der Waals surface area contributed by atoms with Crippen molar-refractivity contribution in [2.45, 2.75) is 25.8 Å². The Morgan fingerprint density at radius 1 is 1.40 bits per heavy atom. The zero-order chi connectivity index (χ0) is 15.2. The van der Waals surface area contributed by atoms with E-state index in [2.05, 4.69) is 22.1 Å². The summed E-state index contributed by atoms with van der Waals surface area (Å²) >= 11 is 0. The van der Waals surface area contributed by atoms with Crippen LogP contribution >= 0.6 is 0 Å². The van der Waals surface area contributed by atoms with Crippen molar-refractivity contribution in [3.63, 3.8) is 0 Å². The molecule has 1 aromatic heterocycles. The van der Waals surface area contributed by atoms with Gasteiger partial charge in [0.2, 0.25) is 5.91 Å². The Kier molecular flexibility index (Phi) is 5.23. The van der Waals surface area contributed by atoms with E-state index in [0.717, 1.165) is 0 Å². The molecule has 6 nitrogen and oxygen atoms in total. The second-order valence-electron chi connectivity index (χ2n) is 4.92. The van der Waals surface area contributed by atoms with Crippen molar-refractivity contribution in [2.24, 2.45) is 11.5 Å². The number of primary amides is 1. The topological polar surface area (TPSA) is 111 Å². The third-order valence-corrected chi connectivity index (χ3v) is 2.40. The Bertz CT molecular complexity index is 553. The first kappa shape index (κ1) is 15.7. The summed E-state index contributed by atoms with van der Waals surface area (Å²) in [5.74, 6) is 4.67. The van der Waals surface area contributed by atoms with Crippen LogP contribution in [-0.4, -0.2) is 28.9 Å². The van der Waals surface area contributed by atoms with Gasteiger partial charge < -0.3 is 16.8 Å². The van der Waals surface area contributed by atoms with Crippen LogP contribution in [0.3, 0.4) is 0 Å². The third kappa shape index (κ3) is 5.08. The summed E-state index contributed by atoms with van der Waals surface area (Å²) in [5.41, 5.74) is 10.6. The van der Waals surface area contributed by atoms with Crippen LogP contribution in [-0.2, 0) is 4.79 Å². The van der Waals surface area contributed by atoms with Crippen molar-refractivity contribution >= 4 is 11.8 Å². The Morgan fingerprint density at radius 3 is 2.60 bits per heavy atom. The molecule has 2 amide bonds. The van der Waals surface area contributed by atoms with Crippen molar-refractivity contribution < 1.29 is 9.59 Å². The highest BCUT2D eigenvalue weighted by Crippen LogP contribution is 2.09. The molecule has 1 heterocycles. The molecule has 106 valence electrons. The van der Waals surface area contributed by atoms with E-state index < -0.39 is 11.4 Å². The smallest absolute Gasteiger partial charge is 0.270 e. The lowest BCUT2D eigenvalue weighted by Crippen LogP contribution is -2.46. The van der Waals surface area contributed by atoms with Crippen LogP contribution in [0.2, 0.25) is 0 Å². The van der Waals surface area contributed by atoms with E-state index in [1.54, 1.807) is 26.0 Å². The summed E-state index contributed by atoms with van der Waals surface area (Å²) in [4.78, 5) is 26.9. The minimum absolute atomic E-state index is 0.0544. The van der Waals surface area contributed by atoms with Gasteiger partial charge in [0.15, 0.2) is 0 Å². The van der Waals surface area contributed by atoms with Crippen molar-refractivity contribution in [3.8, 4) is 11.8 Å². The molecule has 0 unspecified atom stereocenters. The number of pyridine rings is 1. The minimum Gasteiger partial charge on any atom is -0.370 e. The molecular formula is C14H18N4O2. The number of nitrogens with zero attached hydrogens (tertiary/aromatic N) is 1. The highest BCUT2D eigenvalue weighted by atomic mass is 16.2. The molecular weight excluding hydrogens is 256 g/mol. The first-order chi connectivity index (χ1) is 9.34. The van der Waals surface area contributed by atoms with Gasteiger partial charge in [-0.1, -0.05) is 11.8 Å². The second kappa shape index (κ2) is 6.68. The molecule has 0 bridgehead atoms. The lowest BCUT2D eigenvalue weighted by atomic mass is 10.00. The van der Waals surface area contributed by atoms with Gasteiger partial charge in [0.25, 0.3) is 5.91 Å². The maximum absolute atomic E-state index is 12.0. The second-order valence-corrected chi connectivity index (χ2v) is 4.92. The molecule has 0 aromatic carbocycles. The monoisotopic (exact) mass is 274 g/mol. The van der Waals surface area contributed by atoms with Gasteiger partial charge in [0.1, 0.15) is 5.69 Å². The van der Waals surface area contributed by atoms with Gasteiger partial charge in [-0.15, -0.1) is 0 Å². The van der Waals surface area contributed by atoms with Crippen LogP contribution in [0.25, 0.3) is 0 Å². The van der Waals surface area contributed by atoms with Gasteiger partial charge in [0.05, 0.1) is 6.54 Å². The average molecular weight is 274 g/mol. The summed E-state index contributed by atoms with van der Waals surface area (Å²) in [5, 5.41) is 2.71. The Morgan fingerprint density at radius 2 is 2.10 bits per heavy atom. The maximum Gasteiger partial charge on any atom is 0.270 e. The van der Waals surface area contributed by atoms with E-state index in [0.29, 0.717) is 5.56 Å². The van der Waals surface area contributed by atoms with Crippen molar-refractivity contribution in [1.82, 2.24) is 10.3 Å². The fourth-order valence-corrected chi connectivity index (χ4v) is 1.61. The lowest BCUT2D eigenvalue weighted by Gasteiger charge is -2.24. The molecule has 0 spiro atoms. The highest BCUT2D eigenvalue weighted by Gasteiger charge is 2.23. The van der Waals surface area contributed by atoms with E-state index in [9.17, 15) is 9.59 Å². The summed E-state index contributed by atoms with van der Waals surface area (Å²) in [6.07, 6.45) is 1.55. The molecule has 0 radical (unpaired) electrons. The molecule has 0 saturated carbocycles. The molecule has 6 heteroatoms. The number of amides is 2. The Labute approximate surface area is 117 Å². The Hall–Kier alpha value is -2.39. The number of hydrogen-bond acceptors (Lipinski definition) is 4. The van der Waals surface area contributed by atoms with Gasteiger partial charge in [-0.05, 0) is 26.0 Å². The quantitative estimate of drug-likeness (QED) is 0.659. The van der Waals surface area contributed by atoms with Crippen LogP contribution in [0, 0.1) is 11.8 Å². The zero-order valence-electron chi connectivity index (χ0n) is 11.6. The van der Waals surface area contributed by atoms with Crippen LogP contribution < -0.4 is 16.8 Å². The molecule has 0 aliphatic carbocycles. The zero-order valence-corrected chi connectivity index (χ0v) is 11.6. The molecule has 1 aromatic rings. The first-order valence-corrected chi connectivity index (χ1v) is 6.10. The standard InChI is InChI=1S/C14H18N4O2/c1-14(2,8-12(16)19)18-13(20)11-6-5-10(9-17-11)4-3-7-15/h5-6,9H,7-8,15H2,1-2H3,(H2,16,19)(H,18,20). The third-order valence-electron chi connectivity index (χ3n) is 2.40. The van der Waals surface area contributed by atoms with E-state index >= 15 is 0 Å². The number of nitrogens with one attached hydrogen (secondary N) is 1. The predicted octanol–water partition coefficient (Wildman–Crippen LogP) is -0.224. The Balaban J connectivity index is 2.75. The van der Waals surface area contributed by atoms with Gasteiger partial charge in [-0.3, -0.25) is 9.59 Å². The van der Waals surface area contributed by atoms with Crippen molar-refractivity contribution in [1.29, 1.82) is 0 Å². The number of aromatic nitrogens is 1. The van der Waals surface area contributed by atoms with Gasteiger partial charge >= 0.3 is 0 Å². The minimum atomic E-state index is -0.720. The van der Waals surface area contributed by atoms with E-state index in [1.165, 1.54) is 6.20 Å². The maximum atomic E-state index is 12.0. The van der Waals surface area contributed by atoms with Crippen LogP contribution in [0.15, 0.2) is 18.3 Å². The predicted molar refractivity (Wildman–Crippen MR) is 75.5 cm³/mol. The van der Waals surface area contributed by atoms with Crippen LogP contribution in [0.5, 0.6) is 0 Å². The molecule has 0 atom stereocenters. The summed E-state index contributed by atoms with van der Waals surface area (Å²) < 4.78 is 0. The molecule has 20 heavy (non-hydrogen) atoms. The summed E-state index contributed by atoms with van der Waals surface area (Å²) in [6.45, 7) is 3.71. The molecule has 5 N–H and O–H groups in total. The molecule has 0 aliphatic rings. The van der Waals surface area contributed by atoms with Gasteiger partial charge in [0, 0.05) is 23.7 Å². The van der Waals surface area contributed by atoms with Crippen molar-refractivity contribution in [2.75, 3.05) is 6.54 Å². The highest BCUT2D eigenvalue weighted by molar-refractivity contribution is 5.93. The number of carbonyl (C=O) groups excluding carboxylic acids is 2.